The van der Waals surface area contributed by atoms with Crippen LogP contribution in [0.3, 0.4) is 0 Å². The molecule has 1 unspecified atom stereocenters. The number of rotatable bonds is 2. The molecule has 0 bridgehead atoms. The SMILES string of the molecule is CS(=O)C(Cl)(Cl)S(C)(=O)=O. The van der Waals surface area contributed by atoms with Gasteiger partial charge in [0.2, 0.25) is 0 Å². The van der Waals surface area contributed by atoms with Crippen molar-refractivity contribution in [2.75, 3.05) is 12.5 Å². The highest BCUT2D eigenvalue weighted by Crippen LogP contribution is 2.30. The number of sulfone groups is 1. The van der Waals surface area contributed by atoms with Crippen LogP contribution in [0.25, 0.3) is 0 Å². The molecule has 0 fully saturated rings. The number of hydrogen-bond acceptors (Lipinski definition) is 3. The van der Waals surface area contributed by atoms with Crippen molar-refractivity contribution in [3.05, 3.63) is 0 Å². The molecule has 0 N–H and O–H groups in total. The van der Waals surface area contributed by atoms with E-state index in [-0.39, 0.29) is 0 Å². The van der Waals surface area contributed by atoms with Crippen LogP contribution in [0.4, 0.5) is 0 Å². The van der Waals surface area contributed by atoms with Crippen molar-refractivity contribution in [3.8, 4) is 0 Å². The second-order valence-corrected chi connectivity index (χ2v) is 7.85. The summed E-state index contributed by atoms with van der Waals surface area (Å²) in [6.07, 6.45) is 1.95. The van der Waals surface area contributed by atoms with Crippen LogP contribution in [-0.2, 0) is 20.6 Å². The summed E-state index contributed by atoms with van der Waals surface area (Å²) in [6, 6.07) is 0. The number of hydrogen-bond donors (Lipinski definition) is 0. The van der Waals surface area contributed by atoms with E-state index in [2.05, 4.69) is 0 Å². The van der Waals surface area contributed by atoms with Crippen molar-refractivity contribution in [1.82, 2.24) is 0 Å². The van der Waals surface area contributed by atoms with Gasteiger partial charge in [0, 0.05) is 12.5 Å². The van der Waals surface area contributed by atoms with Gasteiger partial charge in [-0.25, -0.2) is 8.42 Å². The van der Waals surface area contributed by atoms with Gasteiger partial charge in [-0.05, 0) is 0 Å². The van der Waals surface area contributed by atoms with Gasteiger partial charge in [0.05, 0.1) is 10.8 Å². The van der Waals surface area contributed by atoms with Gasteiger partial charge in [-0.1, -0.05) is 23.2 Å². The molecule has 0 heterocycles. The fourth-order valence-corrected chi connectivity index (χ4v) is 1.92. The molecule has 1 atom stereocenters. The van der Waals surface area contributed by atoms with Crippen LogP contribution in [0, 0.1) is 0 Å². The van der Waals surface area contributed by atoms with Crippen molar-refractivity contribution in [1.29, 1.82) is 0 Å². The lowest BCUT2D eigenvalue weighted by Crippen LogP contribution is -2.29. The van der Waals surface area contributed by atoms with E-state index in [1.807, 2.05) is 0 Å². The van der Waals surface area contributed by atoms with E-state index in [0.717, 1.165) is 12.5 Å². The highest BCUT2D eigenvalue weighted by Gasteiger charge is 2.40. The average molecular weight is 225 g/mol. The molecular formula is C3H6Cl2O3S2. The highest BCUT2D eigenvalue weighted by molar-refractivity contribution is 8.11. The summed E-state index contributed by atoms with van der Waals surface area (Å²) in [5.74, 6) is 0. The van der Waals surface area contributed by atoms with E-state index in [1.165, 1.54) is 0 Å². The van der Waals surface area contributed by atoms with Crippen molar-refractivity contribution in [3.63, 3.8) is 0 Å². The second kappa shape index (κ2) is 2.97. The number of alkyl halides is 2. The van der Waals surface area contributed by atoms with Crippen LogP contribution in [0.1, 0.15) is 0 Å². The van der Waals surface area contributed by atoms with Crippen molar-refractivity contribution in [2.24, 2.45) is 0 Å². The topological polar surface area (TPSA) is 51.2 Å². The first kappa shape index (κ1) is 10.7. The van der Waals surface area contributed by atoms with E-state index in [0.29, 0.717) is 0 Å². The molecule has 0 aromatic rings. The van der Waals surface area contributed by atoms with Gasteiger partial charge in [-0.3, -0.25) is 4.21 Å². The Morgan fingerprint density at radius 1 is 1.40 bits per heavy atom. The van der Waals surface area contributed by atoms with Crippen LogP contribution in [0.5, 0.6) is 0 Å². The molecule has 0 rings (SSSR count). The predicted molar refractivity (Wildman–Crippen MR) is 43.3 cm³/mol. The first-order valence-electron chi connectivity index (χ1n) is 2.10. The smallest absolute Gasteiger partial charge is 0.256 e. The molecule has 0 aromatic carbocycles. The maximum absolute atomic E-state index is 10.6. The summed E-state index contributed by atoms with van der Waals surface area (Å²) in [5, 5.41) is 0. The molecule has 0 aliphatic rings. The summed E-state index contributed by atoms with van der Waals surface area (Å²) >= 11 is 10.4. The monoisotopic (exact) mass is 224 g/mol. The van der Waals surface area contributed by atoms with Crippen molar-refractivity contribution < 1.29 is 12.6 Å². The van der Waals surface area contributed by atoms with Gasteiger partial charge in [-0.2, -0.15) is 0 Å². The Morgan fingerprint density at radius 2 is 1.70 bits per heavy atom. The third-order valence-corrected chi connectivity index (χ3v) is 6.90. The molecule has 10 heavy (non-hydrogen) atoms. The van der Waals surface area contributed by atoms with Crippen LogP contribution < -0.4 is 0 Å². The summed E-state index contributed by atoms with van der Waals surface area (Å²) in [7, 11) is -5.47. The maximum Gasteiger partial charge on any atom is 0.291 e. The summed E-state index contributed by atoms with van der Waals surface area (Å²) < 4.78 is 29.7. The molecule has 0 saturated heterocycles. The first-order chi connectivity index (χ1) is 4.19. The van der Waals surface area contributed by atoms with E-state index in [9.17, 15) is 12.6 Å². The van der Waals surface area contributed by atoms with E-state index in [4.69, 9.17) is 23.2 Å². The van der Waals surface area contributed by atoms with Crippen LogP contribution in [0.15, 0.2) is 0 Å². The lowest BCUT2D eigenvalue weighted by Gasteiger charge is -2.12. The van der Waals surface area contributed by atoms with Crippen LogP contribution in [0.2, 0.25) is 0 Å². The Morgan fingerprint density at radius 3 is 1.70 bits per heavy atom. The van der Waals surface area contributed by atoms with Crippen LogP contribution >= 0.6 is 23.2 Å². The normalized spacial score (nSPS) is 16.8. The zero-order valence-electron chi connectivity index (χ0n) is 5.30. The van der Waals surface area contributed by atoms with E-state index >= 15 is 0 Å². The molecule has 7 heteroatoms. The molecule has 0 saturated carbocycles. The largest absolute Gasteiger partial charge is 0.291 e. The minimum Gasteiger partial charge on any atom is -0.256 e. The fourth-order valence-electron chi connectivity index (χ4n) is 0.213. The second-order valence-electron chi connectivity index (χ2n) is 1.69. The zero-order chi connectivity index (χ0) is 8.58. The molecule has 0 aromatic heterocycles. The Bertz CT molecular complexity index is 242. The molecule has 0 aliphatic heterocycles. The van der Waals surface area contributed by atoms with Gasteiger partial charge in [0.25, 0.3) is 3.00 Å². The third kappa shape index (κ3) is 2.08. The first-order valence-corrected chi connectivity index (χ1v) is 6.31. The molecule has 3 nitrogen and oxygen atoms in total. The molecule has 62 valence electrons. The lowest BCUT2D eigenvalue weighted by atomic mass is 11.8. The van der Waals surface area contributed by atoms with Crippen molar-refractivity contribution in [2.45, 2.75) is 3.00 Å². The maximum atomic E-state index is 10.6. The van der Waals surface area contributed by atoms with Crippen molar-refractivity contribution >= 4 is 43.8 Å². The molecular weight excluding hydrogens is 219 g/mol. The van der Waals surface area contributed by atoms with Gasteiger partial charge in [0.1, 0.15) is 0 Å². The molecule has 0 amide bonds. The van der Waals surface area contributed by atoms with Gasteiger partial charge < -0.3 is 0 Å². The van der Waals surface area contributed by atoms with E-state index < -0.39 is 23.6 Å². The predicted octanol–water partition coefficient (Wildman–Crippen LogP) is 0.498. The minimum absolute atomic E-state index is 0.828. The highest BCUT2D eigenvalue weighted by atomic mass is 35.5. The van der Waals surface area contributed by atoms with Crippen LogP contribution in [-0.4, -0.2) is 28.1 Å². The summed E-state index contributed by atoms with van der Waals surface area (Å²) in [5.41, 5.74) is 0. The quantitative estimate of drug-likeness (QED) is 0.643. The molecule has 0 aliphatic carbocycles. The Kier molecular flexibility index (Phi) is 3.17. The lowest BCUT2D eigenvalue weighted by molar-refractivity contribution is 0.601. The Balaban J connectivity index is 4.95. The minimum atomic E-state index is -3.67. The summed E-state index contributed by atoms with van der Waals surface area (Å²) in [6.45, 7) is 0. The summed E-state index contributed by atoms with van der Waals surface area (Å²) in [4.78, 5) is 0. The molecule has 0 radical (unpaired) electrons. The van der Waals surface area contributed by atoms with Gasteiger partial charge in [0.15, 0.2) is 9.84 Å². The third-order valence-electron chi connectivity index (χ3n) is 0.766. The zero-order valence-corrected chi connectivity index (χ0v) is 8.44. The Labute approximate surface area is 72.1 Å². The average Bonchev–Trinajstić information content (AvgIpc) is 1.62. The van der Waals surface area contributed by atoms with Gasteiger partial charge in [-0.15, -0.1) is 0 Å². The Hall–Kier alpha value is 0.680. The van der Waals surface area contributed by atoms with E-state index in [1.54, 1.807) is 0 Å². The van der Waals surface area contributed by atoms with Gasteiger partial charge >= 0.3 is 0 Å². The molecule has 0 spiro atoms. The standard InChI is InChI=1S/C3H6Cl2O3S2/c1-9(6)3(4,5)10(2,7)8/h1-2H3. The number of halogens is 2. The fraction of sp³-hybridized carbons (Fsp3) is 1.00.